The summed E-state index contributed by atoms with van der Waals surface area (Å²) in [5, 5.41) is 12.4. The standard InChI is InChI=1S/C16H17NO3S/c18-15(19)7-4-9-17(11-13-5-2-1-3-6-13)16(20)14-8-10-21-12-14/h1-3,5-6,8,10,12H,4,7,9,11H2,(H,18,19). The molecule has 1 heterocycles. The monoisotopic (exact) mass is 303 g/mol. The van der Waals surface area contributed by atoms with Gasteiger partial charge in [-0.1, -0.05) is 30.3 Å². The summed E-state index contributed by atoms with van der Waals surface area (Å²) in [7, 11) is 0. The van der Waals surface area contributed by atoms with Crippen LogP contribution in [0.4, 0.5) is 0 Å². The lowest BCUT2D eigenvalue weighted by Crippen LogP contribution is -2.31. The van der Waals surface area contributed by atoms with Gasteiger partial charge in [-0.3, -0.25) is 9.59 Å². The van der Waals surface area contributed by atoms with Crippen molar-refractivity contribution >= 4 is 23.2 Å². The molecule has 0 aliphatic heterocycles. The predicted molar refractivity (Wildman–Crippen MR) is 82.4 cm³/mol. The van der Waals surface area contributed by atoms with Crippen LogP contribution in [0.25, 0.3) is 0 Å². The summed E-state index contributed by atoms with van der Waals surface area (Å²) in [6.45, 7) is 0.936. The minimum atomic E-state index is -0.836. The molecule has 2 aromatic rings. The van der Waals surface area contributed by atoms with E-state index >= 15 is 0 Å². The molecular formula is C16H17NO3S. The van der Waals surface area contributed by atoms with Gasteiger partial charge in [-0.15, -0.1) is 0 Å². The summed E-state index contributed by atoms with van der Waals surface area (Å²) in [6.07, 6.45) is 0.528. The molecule has 0 spiro atoms. The maximum absolute atomic E-state index is 12.5. The van der Waals surface area contributed by atoms with Gasteiger partial charge in [0.1, 0.15) is 0 Å². The van der Waals surface area contributed by atoms with Gasteiger partial charge in [0.25, 0.3) is 5.91 Å². The molecule has 0 radical (unpaired) electrons. The number of hydrogen-bond acceptors (Lipinski definition) is 3. The quantitative estimate of drug-likeness (QED) is 0.854. The molecule has 1 aromatic carbocycles. The zero-order valence-electron chi connectivity index (χ0n) is 11.6. The molecule has 0 atom stereocenters. The summed E-state index contributed by atoms with van der Waals surface area (Å²) < 4.78 is 0. The highest BCUT2D eigenvalue weighted by Crippen LogP contribution is 2.13. The first-order valence-corrected chi connectivity index (χ1v) is 7.68. The van der Waals surface area contributed by atoms with E-state index in [-0.39, 0.29) is 12.3 Å². The topological polar surface area (TPSA) is 57.6 Å². The van der Waals surface area contributed by atoms with E-state index in [0.717, 1.165) is 5.56 Å². The molecule has 2 rings (SSSR count). The highest BCUT2D eigenvalue weighted by molar-refractivity contribution is 7.08. The van der Waals surface area contributed by atoms with Crippen LogP contribution in [-0.4, -0.2) is 28.4 Å². The number of rotatable bonds is 7. The predicted octanol–water partition coefficient (Wildman–Crippen LogP) is 3.26. The van der Waals surface area contributed by atoms with Crippen molar-refractivity contribution in [2.24, 2.45) is 0 Å². The summed E-state index contributed by atoms with van der Waals surface area (Å²) in [5.74, 6) is -0.886. The third kappa shape index (κ3) is 4.72. The smallest absolute Gasteiger partial charge is 0.303 e. The van der Waals surface area contributed by atoms with Crippen LogP contribution in [0, 0.1) is 0 Å². The first kappa shape index (κ1) is 15.3. The number of nitrogens with zero attached hydrogens (tertiary/aromatic N) is 1. The Morgan fingerprint density at radius 1 is 1.14 bits per heavy atom. The first-order chi connectivity index (χ1) is 10.2. The second-order valence-electron chi connectivity index (χ2n) is 4.72. The normalized spacial score (nSPS) is 10.3. The van der Waals surface area contributed by atoms with Gasteiger partial charge in [0.2, 0.25) is 0 Å². The molecule has 0 aliphatic carbocycles. The van der Waals surface area contributed by atoms with Crippen molar-refractivity contribution in [3.05, 3.63) is 58.3 Å². The fourth-order valence-electron chi connectivity index (χ4n) is 2.05. The Labute approximate surface area is 127 Å². The fourth-order valence-corrected chi connectivity index (χ4v) is 2.68. The van der Waals surface area contributed by atoms with Crippen LogP contribution >= 0.6 is 11.3 Å². The second kappa shape index (κ2) is 7.59. The Balaban J connectivity index is 2.06. The number of benzene rings is 1. The highest BCUT2D eigenvalue weighted by atomic mass is 32.1. The SMILES string of the molecule is O=C(O)CCCN(Cc1ccccc1)C(=O)c1ccsc1. The minimum Gasteiger partial charge on any atom is -0.481 e. The number of carbonyl (C=O) groups excluding carboxylic acids is 1. The largest absolute Gasteiger partial charge is 0.481 e. The Bertz CT molecular complexity index is 581. The molecule has 1 aromatic heterocycles. The van der Waals surface area contributed by atoms with Crippen LogP contribution in [0.5, 0.6) is 0 Å². The summed E-state index contributed by atoms with van der Waals surface area (Å²) in [4.78, 5) is 24.8. The fraction of sp³-hybridized carbons (Fsp3) is 0.250. The van der Waals surface area contributed by atoms with Gasteiger partial charge in [-0.25, -0.2) is 0 Å². The zero-order valence-corrected chi connectivity index (χ0v) is 12.4. The molecule has 0 fully saturated rings. The van der Waals surface area contributed by atoms with Gasteiger partial charge in [0, 0.05) is 24.9 Å². The lowest BCUT2D eigenvalue weighted by molar-refractivity contribution is -0.137. The van der Waals surface area contributed by atoms with Crippen LogP contribution < -0.4 is 0 Å². The number of carboxylic acids is 1. The Hall–Kier alpha value is -2.14. The van der Waals surface area contributed by atoms with Gasteiger partial charge in [-0.2, -0.15) is 11.3 Å². The van der Waals surface area contributed by atoms with E-state index in [9.17, 15) is 9.59 Å². The Morgan fingerprint density at radius 2 is 1.90 bits per heavy atom. The molecule has 0 saturated heterocycles. The molecule has 0 aliphatic rings. The van der Waals surface area contributed by atoms with Gasteiger partial charge in [-0.05, 0) is 23.4 Å². The van der Waals surface area contributed by atoms with E-state index in [1.165, 1.54) is 11.3 Å². The van der Waals surface area contributed by atoms with Gasteiger partial charge >= 0.3 is 5.97 Å². The van der Waals surface area contributed by atoms with E-state index < -0.39 is 5.97 Å². The van der Waals surface area contributed by atoms with E-state index in [2.05, 4.69) is 0 Å². The number of carboxylic acid groups (broad SMARTS) is 1. The summed E-state index contributed by atoms with van der Waals surface area (Å²) in [6, 6.07) is 11.5. The first-order valence-electron chi connectivity index (χ1n) is 6.74. The third-order valence-corrected chi connectivity index (χ3v) is 3.77. The van der Waals surface area contributed by atoms with Crippen molar-refractivity contribution in [1.29, 1.82) is 0 Å². The van der Waals surface area contributed by atoms with Crippen LogP contribution in [0.15, 0.2) is 47.2 Å². The maximum Gasteiger partial charge on any atom is 0.303 e. The molecule has 4 nitrogen and oxygen atoms in total. The molecule has 0 saturated carbocycles. The van der Waals surface area contributed by atoms with E-state index in [1.807, 2.05) is 41.1 Å². The number of hydrogen-bond donors (Lipinski definition) is 1. The molecule has 5 heteroatoms. The van der Waals surface area contributed by atoms with E-state index in [4.69, 9.17) is 5.11 Å². The number of amides is 1. The van der Waals surface area contributed by atoms with Gasteiger partial charge < -0.3 is 10.0 Å². The molecule has 110 valence electrons. The Morgan fingerprint density at radius 3 is 2.52 bits per heavy atom. The highest BCUT2D eigenvalue weighted by Gasteiger charge is 2.16. The number of thiophene rings is 1. The van der Waals surface area contributed by atoms with Crippen molar-refractivity contribution in [2.45, 2.75) is 19.4 Å². The minimum absolute atomic E-state index is 0.0505. The molecule has 1 amide bonds. The van der Waals surface area contributed by atoms with Crippen LogP contribution in [0.2, 0.25) is 0 Å². The summed E-state index contributed by atoms with van der Waals surface area (Å²) in [5.41, 5.74) is 1.70. The molecular weight excluding hydrogens is 286 g/mol. The van der Waals surface area contributed by atoms with Crippen LogP contribution in [0.3, 0.4) is 0 Å². The third-order valence-electron chi connectivity index (χ3n) is 3.09. The maximum atomic E-state index is 12.5. The van der Waals surface area contributed by atoms with Crippen LogP contribution in [-0.2, 0) is 11.3 Å². The van der Waals surface area contributed by atoms with Crippen molar-refractivity contribution in [2.75, 3.05) is 6.54 Å². The van der Waals surface area contributed by atoms with Crippen molar-refractivity contribution < 1.29 is 14.7 Å². The average Bonchev–Trinajstić information content (AvgIpc) is 3.00. The molecule has 0 unspecified atom stereocenters. The van der Waals surface area contributed by atoms with E-state index in [0.29, 0.717) is 25.1 Å². The molecule has 21 heavy (non-hydrogen) atoms. The Kier molecular flexibility index (Phi) is 5.51. The summed E-state index contributed by atoms with van der Waals surface area (Å²) >= 11 is 1.48. The second-order valence-corrected chi connectivity index (χ2v) is 5.50. The van der Waals surface area contributed by atoms with E-state index in [1.54, 1.807) is 11.0 Å². The van der Waals surface area contributed by atoms with Gasteiger partial charge in [0.05, 0.1) is 5.56 Å². The molecule has 1 N–H and O–H groups in total. The van der Waals surface area contributed by atoms with Crippen LogP contribution in [0.1, 0.15) is 28.8 Å². The van der Waals surface area contributed by atoms with Gasteiger partial charge in [0.15, 0.2) is 0 Å². The molecule has 0 bridgehead atoms. The van der Waals surface area contributed by atoms with Crippen molar-refractivity contribution in [3.8, 4) is 0 Å². The number of carbonyl (C=O) groups is 2. The van der Waals surface area contributed by atoms with Crippen molar-refractivity contribution in [1.82, 2.24) is 4.90 Å². The zero-order chi connectivity index (χ0) is 15.1. The lowest BCUT2D eigenvalue weighted by Gasteiger charge is -2.22. The van der Waals surface area contributed by atoms with Crippen molar-refractivity contribution in [3.63, 3.8) is 0 Å². The lowest BCUT2D eigenvalue weighted by atomic mass is 10.2. The number of aliphatic carboxylic acids is 1. The average molecular weight is 303 g/mol.